The van der Waals surface area contributed by atoms with E-state index in [9.17, 15) is 9.90 Å². The van der Waals surface area contributed by atoms with Crippen LogP contribution in [0.2, 0.25) is 0 Å². The molecule has 24 heavy (non-hydrogen) atoms. The van der Waals surface area contributed by atoms with Gasteiger partial charge in [-0.15, -0.1) is 0 Å². The van der Waals surface area contributed by atoms with Gasteiger partial charge in [-0.1, -0.05) is 12.1 Å². The highest BCUT2D eigenvalue weighted by atomic mass is 16.7. The number of hydrogen-bond donors (Lipinski definition) is 1. The summed E-state index contributed by atoms with van der Waals surface area (Å²) in [5.74, 6) is 0.665. The van der Waals surface area contributed by atoms with Crippen LogP contribution in [0.5, 0.6) is 5.75 Å². The lowest BCUT2D eigenvalue weighted by Gasteiger charge is -2.24. The third-order valence-corrected chi connectivity index (χ3v) is 3.34. The summed E-state index contributed by atoms with van der Waals surface area (Å²) in [6.45, 7) is 8.84. The Kier molecular flexibility index (Phi) is 9.37. The van der Waals surface area contributed by atoms with E-state index in [1.165, 1.54) is 4.90 Å². The van der Waals surface area contributed by atoms with Gasteiger partial charge in [-0.25, -0.2) is 0 Å². The number of aliphatic hydroxyl groups excluding tert-OH is 1. The SMILES string of the molecule is CC(C)OCOCc1ccc(OCC(O)CN(C=O)C(C)C)cc1. The van der Waals surface area contributed by atoms with E-state index in [4.69, 9.17) is 14.2 Å². The molecule has 0 radical (unpaired) electrons. The summed E-state index contributed by atoms with van der Waals surface area (Å²) in [6, 6.07) is 7.52. The van der Waals surface area contributed by atoms with E-state index in [1.54, 1.807) is 0 Å². The van der Waals surface area contributed by atoms with Crippen LogP contribution in [0.3, 0.4) is 0 Å². The van der Waals surface area contributed by atoms with Crippen molar-refractivity contribution in [1.82, 2.24) is 4.90 Å². The Balaban J connectivity index is 2.32. The fourth-order valence-electron chi connectivity index (χ4n) is 1.89. The molecule has 6 heteroatoms. The van der Waals surface area contributed by atoms with Crippen molar-refractivity contribution in [2.75, 3.05) is 19.9 Å². The van der Waals surface area contributed by atoms with Gasteiger partial charge in [-0.3, -0.25) is 4.79 Å². The predicted molar refractivity (Wildman–Crippen MR) is 91.7 cm³/mol. The molecule has 0 saturated carbocycles. The van der Waals surface area contributed by atoms with Crippen molar-refractivity contribution >= 4 is 6.41 Å². The summed E-state index contributed by atoms with van der Waals surface area (Å²) in [7, 11) is 0. The van der Waals surface area contributed by atoms with Gasteiger partial charge in [0.1, 0.15) is 25.3 Å². The van der Waals surface area contributed by atoms with Crippen molar-refractivity contribution in [2.24, 2.45) is 0 Å². The number of benzene rings is 1. The van der Waals surface area contributed by atoms with Crippen molar-refractivity contribution in [1.29, 1.82) is 0 Å². The number of rotatable bonds is 12. The molecule has 0 aliphatic carbocycles. The largest absolute Gasteiger partial charge is 0.491 e. The minimum absolute atomic E-state index is 0.0520. The first-order chi connectivity index (χ1) is 11.4. The summed E-state index contributed by atoms with van der Waals surface area (Å²) in [6.07, 6.45) is 0.165. The monoisotopic (exact) mass is 339 g/mol. The van der Waals surface area contributed by atoms with Gasteiger partial charge in [-0.05, 0) is 45.4 Å². The first-order valence-corrected chi connectivity index (χ1v) is 8.22. The zero-order valence-corrected chi connectivity index (χ0v) is 15.0. The number of nitrogens with zero attached hydrogens (tertiary/aromatic N) is 1. The van der Waals surface area contributed by atoms with E-state index in [0.29, 0.717) is 12.4 Å². The Morgan fingerprint density at radius 3 is 2.38 bits per heavy atom. The molecular formula is C18H29NO5. The maximum atomic E-state index is 10.9. The Hall–Kier alpha value is -1.63. The van der Waals surface area contributed by atoms with E-state index in [2.05, 4.69) is 0 Å². The second kappa shape index (κ2) is 11.0. The van der Waals surface area contributed by atoms with Crippen LogP contribution >= 0.6 is 0 Å². The van der Waals surface area contributed by atoms with Crippen molar-refractivity contribution in [3.05, 3.63) is 29.8 Å². The molecule has 0 saturated heterocycles. The Labute approximate surface area is 144 Å². The Morgan fingerprint density at radius 1 is 1.17 bits per heavy atom. The third kappa shape index (κ3) is 8.29. The molecule has 0 bridgehead atoms. The second-order valence-corrected chi connectivity index (χ2v) is 6.19. The lowest BCUT2D eigenvalue weighted by molar-refractivity contribution is -0.121. The zero-order valence-electron chi connectivity index (χ0n) is 15.0. The van der Waals surface area contributed by atoms with Crippen LogP contribution in [-0.2, 0) is 20.9 Å². The van der Waals surface area contributed by atoms with Crippen LogP contribution in [0.4, 0.5) is 0 Å². The molecule has 0 fully saturated rings. The van der Waals surface area contributed by atoms with Crippen molar-refractivity contribution in [3.8, 4) is 5.75 Å². The van der Waals surface area contributed by atoms with E-state index in [1.807, 2.05) is 52.0 Å². The van der Waals surface area contributed by atoms with Crippen LogP contribution in [0.1, 0.15) is 33.3 Å². The molecule has 0 aliphatic heterocycles. The molecule has 0 spiro atoms. The molecule has 6 nitrogen and oxygen atoms in total. The molecular weight excluding hydrogens is 310 g/mol. The molecule has 1 aromatic carbocycles. The van der Waals surface area contributed by atoms with Gasteiger partial charge in [-0.2, -0.15) is 0 Å². The number of amides is 1. The van der Waals surface area contributed by atoms with Crippen LogP contribution in [0.25, 0.3) is 0 Å². The molecule has 1 amide bonds. The van der Waals surface area contributed by atoms with E-state index >= 15 is 0 Å². The van der Waals surface area contributed by atoms with Gasteiger partial charge in [0.05, 0.1) is 12.7 Å². The molecule has 136 valence electrons. The second-order valence-electron chi connectivity index (χ2n) is 6.19. The number of ether oxygens (including phenoxy) is 3. The van der Waals surface area contributed by atoms with Gasteiger partial charge in [0, 0.05) is 12.6 Å². The molecule has 0 aromatic heterocycles. The molecule has 0 aliphatic rings. The maximum Gasteiger partial charge on any atom is 0.210 e. The summed E-state index contributed by atoms with van der Waals surface area (Å²) in [5, 5.41) is 9.94. The topological polar surface area (TPSA) is 68.2 Å². The standard InChI is InChI=1S/C18H29NO5/c1-14(2)19(12-20)9-17(21)11-23-18-7-5-16(6-8-18)10-22-13-24-15(3)4/h5-8,12,14-15,17,21H,9-11,13H2,1-4H3. The summed E-state index contributed by atoms with van der Waals surface area (Å²) in [5.41, 5.74) is 1.02. The fraction of sp³-hybridized carbons (Fsp3) is 0.611. The lowest BCUT2D eigenvalue weighted by atomic mass is 10.2. The van der Waals surface area contributed by atoms with E-state index in [-0.39, 0.29) is 32.1 Å². The minimum Gasteiger partial charge on any atom is -0.491 e. The predicted octanol–water partition coefficient (Wildman–Crippen LogP) is 2.19. The van der Waals surface area contributed by atoms with Crippen LogP contribution in [0.15, 0.2) is 24.3 Å². The zero-order chi connectivity index (χ0) is 17.9. The summed E-state index contributed by atoms with van der Waals surface area (Å²) >= 11 is 0. The maximum absolute atomic E-state index is 10.9. The van der Waals surface area contributed by atoms with Crippen LogP contribution in [0, 0.1) is 0 Å². The van der Waals surface area contributed by atoms with Crippen LogP contribution < -0.4 is 4.74 Å². The highest BCUT2D eigenvalue weighted by Crippen LogP contribution is 2.13. The van der Waals surface area contributed by atoms with Crippen molar-refractivity contribution in [3.63, 3.8) is 0 Å². The van der Waals surface area contributed by atoms with Crippen molar-refractivity contribution < 1.29 is 24.1 Å². The van der Waals surface area contributed by atoms with Crippen molar-refractivity contribution in [2.45, 2.75) is 52.6 Å². The van der Waals surface area contributed by atoms with Crippen LogP contribution in [-0.4, -0.2) is 54.6 Å². The number of aliphatic hydroxyl groups is 1. The number of hydrogen-bond acceptors (Lipinski definition) is 5. The highest BCUT2D eigenvalue weighted by Gasteiger charge is 2.13. The molecule has 1 rings (SSSR count). The first-order valence-electron chi connectivity index (χ1n) is 8.22. The molecule has 1 aromatic rings. The smallest absolute Gasteiger partial charge is 0.210 e. The van der Waals surface area contributed by atoms with Gasteiger partial charge < -0.3 is 24.2 Å². The Bertz CT molecular complexity index is 461. The number of carbonyl (C=O) groups is 1. The Morgan fingerprint density at radius 2 is 1.83 bits per heavy atom. The molecule has 1 N–H and O–H groups in total. The van der Waals surface area contributed by atoms with Gasteiger partial charge in [0.15, 0.2) is 0 Å². The first kappa shape index (κ1) is 20.4. The number of carbonyl (C=O) groups excluding carboxylic acids is 1. The quantitative estimate of drug-likeness (QED) is 0.359. The average Bonchev–Trinajstić information content (AvgIpc) is 2.55. The van der Waals surface area contributed by atoms with Gasteiger partial charge in [0.2, 0.25) is 6.41 Å². The summed E-state index contributed by atoms with van der Waals surface area (Å²) < 4.78 is 16.3. The highest BCUT2D eigenvalue weighted by molar-refractivity contribution is 5.47. The molecule has 0 heterocycles. The third-order valence-electron chi connectivity index (χ3n) is 3.34. The normalized spacial score (nSPS) is 12.5. The summed E-state index contributed by atoms with van der Waals surface area (Å²) in [4.78, 5) is 12.4. The van der Waals surface area contributed by atoms with E-state index in [0.717, 1.165) is 12.0 Å². The minimum atomic E-state index is -0.728. The lowest BCUT2D eigenvalue weighted by Crippen LogP contribution is -2.38. The van der Waals surface area contributed by atoms with E-state index < -0.39 is 6.10 Å². The fourth-order valence-corrected chi connectivity index (χ4v) is 1.89. The van der Waals surface area contributed by atoms with Gasteiger partial charge >= 0.3 is 0 Å². The average molecular weight is 339 g/mol. The molecule has 1 atom stereocenters. The molecule has 1 unspecified atom stereocenters. The van der Waals surface area contributed by atoms with Gasteiger partial charge in [0.25, 0.3) is 0 Å².